The average Bonchev–Trinajstić information content (AvgIpc) is 2.04. The molecule has 0 spiro atoms. The summed E-state index contributed by atoms with van der Waals surface area (Å²) < 4.78 is 0. The van der Waals surface area contributed by atoms with Crippen LogP contribution in [-0.4, -0.2) is 14.1 Å². The van der Waals surface area contributed by atoms with Crippen molar-refractivity contribution < 1.29 is 0 Å². The third-order valence-corrected chi connectivity index (χ3v) is 1.47. The summed E-state index contributed by atoms with van der Waals surface area (Å²) in [5.41, 5.74) is 10.1. The predicted molar refractivity (Wildman–Crippen MR) is 45.0 cm³/mol. The monoisotopic (exact) mass is 148 g/mol. The Morgan fingerprint density at radius 1 is 1.27 bits per heavy atom. The number of anilines is 1. The van der Waals surface area contributed by atoms with Crippen LogP contribution in [0.1, 0.15) is 0 Å². The van der Waals surface area contributed by atoms with Gasteiger partial charge in [0.15, 0.2) is 0 Å². The van der Waals surface area contributed by atoms with Crippen molar-refractivity contribution >= 4 is 11.4 Å². The second-order valence-electron chi connectivity index (χ2n) is 2.48. The number of hydrogen-bond donors (Lipinski definition) is 0. The van der Waals surface area contributed by atoms with Gasteiger partial charge in [-0.2, -0.15) is 0 Å². The summed E-state index contributed by atoms with van der Waals surface area (Å²) in [6, 6.07) is 7.40. The molecule has 0 unspecified atom stereocenters. The van der Waals surface area contributed by atoms with E-state index in [0.717, 1.165) is 5.69 Å². The number of nitrogens with zero attached hydrogens (tertiary/aromatic N) is 3. The first-order chi connectivity index (χ1) is 5.25. The van der Waals surface area contributed by atoms with E-state index in [4.69, 9.17) is 5.53 Å². The Balaban J connectivity index is 3.12. The molecule has 0 saturated carbocycles. The fourth-order valence-electron chi connectivity index (χ4n) is 0.927. The molecular formula is C8H10N3. The van der Waals surface area contributed by atoms with Crippen LogP contribution in [0.25, 0.3) is 0 Å². The van der Waals surface area contributed by atoms with Crippen molar-refractivity contribution in [1.29, 1.82) is 0 Å². The zero-order valence-corrected chi connectivity index (χ0v) is 6.65. The molecule has 1 radical (unpaired) electrons. The van der Waals surface area contributed by atoms with Crippen LogP contribution >= 0.6 is 0 Å². The van der Waals surface area contributed by atoms with Crippen molar-refractivity contribution in [2.45, 2.75) is 0 Å². The zero-order chi connectivity index (χ0) is 8.27. The second kappa shape index (κ2) is 3.14. The van der Waals surface area contributed by atoms with Gasteiger partial charge in [-0.1, -0.05) is 12.1 Å². The molecule has 0 saturated heterocycles. The van der Waals surface area contributed by atoms with Gasteiger partial charge in [0, 0.05) is 14.1 Å². The molecule has 57 valence electrons. The van der Waals surface area contributed by atoms with Crippen LogP contribution in [0.15, 0.2) is 29.4 Å². The van der Waals surface area contributed by atoms with Crippen molar-refractivity contribution in [3.05, 3.63) is 24.3 Å². The van der Waals surface area contributed by atoms with Gasteiger partial charge < -0.3 is 4.90 Å². The molecule has 1 aromatic carbocycles. The lowest BCUT2D eigenvalue weighted by Crippen LogP contribution is -2.08. The van der Waals surface area contributed by atoms with Crippen LogP contribution in [0.2, 0.25) is 0 Å². The highest BCUT2D eigenvalue weighted by Crippen LogP contribution is 2.25. The summed E-state index contributed by atoms with van der Waals surface area (Å²) in [5.74, 6) is 0. The Hall–Kier alpha value is -1.38. The first-order valence-corrected chi connectivity index (χ1v) is 3.37. The van der Waals surface area contributed by atoms with E-state index in [1.807, 2.05) is 37.2 Å². The maximum absolute atomic E-state index is 8.57. The highest BCUT2D eigenvalue weighted by Gasteiger charge is 2.00. The number of rotatable bonds is 2. The van der Waals surface area contributed by atoms with Crippen LogP contribution < -0.4 is 10.4 Å². The second-order valence-corrected chi connectivity index (χ2v) is 2.48. The van der Waals surface area contributed by atoms with Crippen molar-refractivity contribution in [2.24, 2.45) is 5.11 Å². The van der Waals surface area contributed by atoms with E-state index in [9.17, 15) is 0 Å². The molecule has 0 N–H and O–H groups in total. The molecule has 0 aliphatic carbocycles. The van der Waals surface area contributed by atoms with E-state index in [2.05, 4.69) is 5.11 Å². The quantitative estimate of drug-likeness (QED) is 0.587. The standard InChI is InChI=1S/C8H10N3/c1-11(2)8-6-4-3-5-7(8)10-9/h3-6H,1-2H3. The van der Waals surface area contributed by atoms with Crippen LogP contribution in [0.4, 0.5) is 11.4 Å². The van der Waals surface area contributed by atoms with Gasteiger partial charge in [0.05, 0.1) is 5.69 Å². The maximum Gasteiger partial charge on any atom is 0.111 e. The van der Waals surface area contributed by atoms with Gasteiger partial charge in [0.25, 0.3) is 0 Å². The molecule has 0 aliphatic rings. The van der Waals surface area contributed by atoms with E-state index in [-0.39, 0.29) is 0 Å². The highest BCUT2D eigenvalue weighted by molar-refractivity contribution is 5.65. The fraction of sp³-hybridized carbons (Fsp3) is 0.250. The first kappa shape index (κ1) is 7.72. The molecule has 0 heterocycles. The summed E-state index contributed by atoms with van der Waals surface area (Å²) in [5, 5.41) is 3.15. The topological polar surface area (TPSA) is 37.9 Å². The fourth-order valence-corrected chi connectivity index (χ4v) is 0.927. The maximum atomic E-state index is 8.57. The minimum atomic E-state index is 0.595. The lowest BCUT2D eigenvalue weighted by Gasteiger charge is -2.13. The summed E-state index contributed by atoms with van der Waals surface area (Å²) >= 11 is 0. The molecule has 1 rings (SSSR count). The largest absolute Gasteiger partial charge is 0.376 e. The minimum absolute atomic E-state index is 0.595. The van der Waals surface area contributed by atoms with E-state index >= 15 is 0 Å². The predicted octanol–water partition coefficient (Wildman–Crippen LogP) is 1.64. The van der Waals surface area contributed by atoms with Crippen molar-refractivity contribution in [3.8, 4) is 0 Å². The molecule has 11 heavy (non-hydrogen) atoms. The average molecular weight is 148 g/mol. The van der Waals surface area contributed by atoms with Gasteiger partial charge in [0.2, 0.25) is 0 Å². The van der Waals surface area contributed by atoms with Gasteiger partial charge in [-0.25, -0.2) is 0 Å². The van der Waals surface area contributed by atoms with Gasteiger partial charge in [-0.05, 0) is 17.7 Å². The SMILES string of the molecule is CN(C)c1ccccc1N=[N]. The lowest BCUT2D eigenvalue weighted by molar-refractivity contribution is 1.12. The van der Waals surface area contributed by atoms with Crippen molar-refractivity contribution in [2.75, 3.05) is 19.0 Å². The third-order valence-electron chi connectivity index (χ3n) is 1.47. The molecule has 0 aliphatic heterocycles. The smallest absolute Gasteiger partial charge is 0.111 e. The van der Waals surface area contributed by atoms with Crippen molar-refractivity contribution in [1.82, 2.24) is 5.53 Å². The van der Waals surface area contributed by atoms with E-state index in [1.165, 1.54) is 0 Å². The molecular weight excluding hydrogens is 138 g/mol. The Bertz CT molecular complexity index is 255. The molecule has 1 aromatic rings. The van der Waals surface area contributed by atoms with Crippen LogP contribution in [0, 0.1) is 0 Å². The van der Waals surface area contributed by atoms with Gasteiger partial charge >= 0.3 is 0 Å². The Morgan fingerprint density at radius 3 is 2.36 bits per heavy atom. The third kappa shape index (κ3) is 1.55. The van der Waals surface area contributed by atoms with Gasteiger partial charge in [-0.15, -0.1) is 5.11 Å². The van der Waals surface area contributed by atoms with Crippen LogP contribution in [0.3, 0.4) is 0 Å². The minimum Gasteiger partial charge on any atom is -0.376 e. The molecule has 0 amide bonds. The Morgan fingerprint density at radius 2 is 1.91 bits per heavy atom. The highest BCUT2D eigenvalue weighted by atomic mass is 15.1. The molecule has 0 fully saturated rings. The Kier molecular flexibility index (Phi) is 2.21. The summed E-state index contributed by atoms with van der Waals surface area (Å²) in [7, 11) is 3.81. The molecule has 3 nitrogen and oxygen atoms in total. The van der Waals surface area contributed by atoms with E-state index in [0.29, 0.717) is 5.69 Å². The van der Waals surface area contributed by atoms with Gasteiger partial charge in [-0.3, -0.25) is 0 Å². The van der Waals surface area contributed by atoms with E-state index in [1.54, 1.807) is 6.07 Å². The summed E-state index contributed by atoms with van der Waals surface area (Å²) in [4.78, 5) is 1.90. The number of benzene rings is 1. The van der Waals surface area contributed by atoms with Crippen LogP contribution in [0.5, 0.6) is 0 Å². The number of hydrogen-bond acceptors (Lipinski definition) is 2. The first-order valence-electron chi connectivity index (χ1n) is 3.37. The molecule has 0 atom stereocenters. The Labute approximate surface area is 66.2 Å². The van der Waals surface area contributed by atoms with Crippen LogP contribution in [-0.2, 0) is 0 Å². The molecule has 3 heteroatoms. The number of para-hydroxylation sites is 1. The zero-order valence-electron chi connectivity index (χ0n) is 6.65. The lowest BCUT2D eigenvalue weighted by atomic mass is 10.2. The summed E-state index contributed by atoms with van der Waals surface area (Å²) in [6.45, 7) is 0. The normalized spacial score (nSPS) is 9.27. The molecule has 0 aromatic heterocycles. The van der Waals surface area contributed by atoms with Gasteiger partial charge in [0.1, 0.15) is 5.69 Å². The summed E-state index contributed by atoms with van der Waals surface area (Å²) in [6.07, 6.45) is 0. The van der Waals surface area contributed by atoms with E-state index < -0.39 is 0 Å². The van der Waals surface area contributed by atoms with Crippen molar-refractivity contribution in [3.63, 3.8) is 0 Å². The molecule has 0 bridgehead atoms.